The third-order valence-electron chi connectivity index (χ3n) is 2.53. The molecule has 0 bridgehead atoms. The highest BCUT2D eigenvalue weighted by Crippen LogP contribution is 2.27. The van der Waals surface area contributed by atoms with Crippen LogP contribution < -0.4 is 10.1 Å². The zero-order valence-electron chi connectivity index (χ0n) is 9.88. The summed E-state index contributed by atoms with van der Waals surface area (Å²) in [7, 11) is 3.24. The van der Waals surface area contributed by atoms with Gasteiger partial charge in [-0.05, 0) is 31.2 Å². The van der Waals surface area contributed by atoms with E-state index in [9.17, 15) is 9.50 Å². The molecular formula is C12H18FNO2. The van der Waals surface area contributed by atoms with E-state index in [-0.39, 0.29) is 5.82 Å². The summed E-state index contributed by atoms with van der Waals surface area (Å²) in [5, 5.41) is 12.6. The number of halogens is 1. The first kappa shape index (κ1) is 12.9. The van der Waals surface area contributed by atoms with Crippen LogP contribution in [-0.4, -0.2) is 25.8 Å². The van der Waals surface area contributed by atoms with Gasteiger partial charge in [0.25, 0.3) is 0 Å². The number of hydrogen-bond donors (Lipinski definition) is 2. The Balaban J connectivity index is 3.09. The van der Waals surface area contributed by atoms with Crippen molar-refractivity contribution >= 4 is 0 Å². The third kappa shape index (κ3) is 2.71. The predicted molar refractivity (Wildman–Crippen MR) is 61.2 cm³/mol. The Bertz CT molecular complexity index is 355. The number of benzene rings is 1. The van der Waals surface area contributed by atoms with E-state index >= 15 is 0 Å². The standard InChI is InChI=1S/C12H18FNO2/c1-4-9-10(13)5-8(6-12(9)16-3)11(15)7-14-2/h5-6,11,14-15H,4,7H2,1-3H3. The van der Waals surface area contributed by atoms with E-state index in [1.54, 1.807) is 13.1 Å². The highest BCUT2D eigenvalue weighted by molar-refractivity contribution is 5.39. The van der Waals surface area contributed by atoms with Gasteiger partial charge in [0.05, 0.1) is 13.2 Å². The Labute approximate surface area is 95.2 Å². The van der Waals surface area contributed by atoms with Gasteiger partial charge in [-0.3, -0.25) is 0 Å². The molecule has 1 unspecified atom stereocenters. The molecule has 2 N–H and O–H groups in total. The first-order valence-corrected chi connectivity index (χ1v) is 5.33. The molecular weight excluding hydrogens is 209 g/mol. The van der Waals surface area contributed by atoms with Crippen LogP contribution in [0.3, 0.4) is 0 Å². The number of nitrogens with one attached hydrogen (secondary N) is 1. The van der Waals surface area contributed by atoms with Crippen molar-refractivity contribution in [2.45, 2.75) is 19.4 Å². The summed E-state index contributed by atoms with van der Waals surface area (Å²) in [4.78, 5) is 0. The zero-order valence-corrected chi connectivity index (χ0v) is 9.88. The largest absolute Gasteiger partial charge is 0.496 e. The lowest BCUT2D eigenvalue weighted by Gasteiger charge is -2.14. The maximum absolute atomic E-state index is 13.7. The summed E-state index contributed by atoms with van der Waals surface area (Å²) in [5.74, 6) is 0.166. The van der Waals surface area contributed by atoms with Gasteiger partial charge < -0.3 is 15.2 Å². The lowest BCUT2D eigenvalue weighted by atomic mass is 10.0. The fourth-order valence-corrected chi connectivity index (χ4v) is 1.66. The number of hydrogen-bond acceptors (Lipinski definition) is 3. The molecule has 0 radical (unpaired) electrons. The first-order chi connectivity index (χ1) is 7.63. The Morgan fingerprint density at radius 2 is 2.19 bits per heavy atom. The van der Waals surface area contributed by atoms with Gasteiger partial charge in [-0.2, -0.15) is 0 Å². The van der Waals surface area contributed by atoms with Crippen LogP contribution in [0.4, 0.5) is 4.39 Å². The van der Waals surface area contributed by atoms with Crippen LogP contribution in [-0.2, 0) is 6.42 Å². The summed E-state index contributed by atoms with van der Waals surface area (Å²) >= 11 is 0. The van der Waals surface area contributed by atoms with E-state index in [0.29, 0.717) is 29.8 Å². The van der Waals surface area contributed by atoms with Crippen molar-refractivity contribution in [3.63, 3.8) is 0 Å². The number of likely N-dealkylation sites (N-methyl/N-ethyl adjacent to an activating group) is 1. The molecule has 90 valence electrons. The molecule has 0 spiro atoms. The van der Waals surface area contributed by atoms with Gasteiger partial charge in [0, 0.05) is 12.1 Å². The summed E-state index contributed by atoms with van der Waals surface area (Å²) in [6.07, 6.45) is -0.156. The minimum atomic E-state index is -0.723. The topological polar surface area (TPSA) is 41.5 Å². The summed E-state index contributed by atoms with van der Waals surface area (Å²) < 4.78 is 18.8. The van der Waals surface area contributed by atoms with Crippen molar-refractivity contribution < 1.29 is 14.2 Å². The van der Waals surface area contributed by atoms with E-state index in [0.717, 1.165) is 0 Å². The average Bonchev–Trinajstić information content (AvgIpc) is 2.28. The van der Waals surface area contributed by atoms with E-state index in [4.69, 9.17) is 4.74 Å². The molecule has 3 nitrogen and oxygen atoms in total. The second kappa shape index (κ2) is 5.82. The quantitative estimate of drug-likeness (QED) is 0.803. The summed E-state index contributed by atoms with van der Waals surface area (Å²) in [5.41, 5.74) is 1.07. The molecule has 0 heterocycles. The van der Waals surface area contributed by atoms with Gasteiger partial charge >= 0.3 is 0 Å². The van der Waals surface area contributed by atoms with Crippen molar-refractivity contribution in [2.24, 2.45) is 0 Å². The Morgan fingerprint density at radius 1 is 1.50 bits per heavy atom. The molecule has 16 heavy (non-hydrogen) atoms. The smallest absolute Gasteiger partial charge is 0.130 e. The second-order valence-electron chi connectivity index (χ2n) is 3.61. The van der Waals surface area contributed by atoms with E-state index in [1.807, 2.05) is 6.92 Å². The van der Waals surface area contributed by atoms with E-state index in [2.05, 4.69) is 5.32 Å². The molecule has 0 aliphatic heterocycles. The molecule has 0 aromatic heterocycles. The van der Waals surface area contributed by atoms with Crippen molar-refractivity contribution in [2.75, 3.05) is 20.7 Å². The molecule has 1 atom stereocenters. The number of ether oxygens (including phenoxy) is 1. The number of rotatable bonds is 5. The number of aliphatic hydroxyl groups is 1. The van der Waals surface area contributed by atoms with Crippen molar-refractivity contribution in [1.82, 2.24) is 5.32 Å². The monoisotopic (exact) mass is 227 g/mol. The fraction of sp³-hybridized carbons (Fsp3) is 0.500. The third-order valence-corrected chi connectivity index (χ3v) is 2.53. The zero-order chi connectivity index (χ0) is 12.1. The highest BCUT2D eigenvalue weighted by atomic mass is 19.1. The number of aliphatic hydroxyl groups excluding tert-OH is 1. The van der Waals surface area contributed by atoms with Crippen molar-refractivity contribution in [1.29, 1.82) is 0 Å². The van der Waals surface area contributed by atoms with E-state index < -0.39 is 6.10 Å². The highest BCUT2D eigenvalue weighted by Gasteiger charge is 2.14. The van der Waals surface area contributed by atoms with E-state index in [1.165, 1.54) is 13.2 Å². The lowest BCUT2D eigenvalue weighted by Crippen LogP contribution is -2.17. The number of methoxy groups -OCH3 is 1. The molecule has 1 aromatic carbocycles. The maximum atomic E-state index is 13.7. The van der Waals surface area contributed by atoms with Gasteiger partial charge in [-0.25, -0.2) is 4.39 Å². The van der Waals surface area contributed by atoms with Gasteiger partial charge in [-0.1, -0.05) is 6.92 Å². The molecule has 4 heteroatoms. The second-order valence-corrected chi connectivity index (χ2v) is 3.61. The molecule has 0 saturated heterocycles. The molecule has 1 rings (SSSR count). The van der Waals surface area contributed by atoms with Gasteiger partial charge in [0.2, 0.25) is 0 Å². The van der Waals surface area contributed by atoms with Crippen LogP contribution in [0.1, 0.15) is 24.2 Å². The summed E-state index contributed by atoms with van der Waals surface area (Å²) in [6, 6.07) is 3.05. The van der Waals surface area contributed by atoms with Crippen molar-refractivity contribution in [3.8, 4) is 5.75 Å². The first-order valence-electron chi connectivity index (χ1n) is 5.33. The lowest BCUT2D eigenvalue weighted by molar-refractivity contribution is 0.177. The van der Waals surface area contributed by atoms with Crippen molar-refractivity contribution in [3.05, 3.63) is 29.1 Å². The Morgan fingerprint density at radius 3 is 2.69 bits per heavy atom. The minimum absolute atomic E-state index is 0.327. The van der Waals surface area contributed by atoms with Crippen LogP contribution >= 0.6 is 0 Å². The minimum Gasteiger partial charge on any atom is -0.496 e. The molecule has 0 amide bonds. The molecule has 1 aromatic rings. The summed E-state index contributed by atoms with van der Waals surface area (Å²) in [6.45, 7) is 2.25. The van der Waals surface area contributed by atoms with Crippen LogP contribution in [0.2, 0.25) is 0 Å². The fourth-order valence-electron chi connectivity index (χ4n) is 1.66. The van der Waals surface area contributed by atoms with Gasteiger partial charge in [-0.15, -0.1) is 0 Å². The normalized spacial score (nSPS) is 12.6. The van der Waals surface area contributed by atoms with Crippen LogP contribution in [0, 0.1) is 5.82 Å². The maximum Gasteiger partial charge on any atom is 0.130 e. The molecule has 0 aliphatic carbocycles. The average molecular weight is 227 g/mol. The predicted octanol–water partition coefficient (Wildman–Crippen LogP) is 1.65. The van der Waals surface area contributed by atoms with Gasteiger partial charge in [0.1, 0.15) is 11.6 Å². The molecule has 0 saturated carbocycles. The molecule has 0 fully saturated rings. The van der Waals surface area contributed by atoms with Crippen LogP contribution in [0.15, 0.2) is 12.1 Å². The van der Waals surface area contributed by atoms with Gasteiger partial charge in [0.15, 0.2) is 0 Å². The van der Waals surface area contributed by atoms with Crippen LogP contribution in [0.25, 0.3) is 0 Å². The Kier molecular flexibility index (Phi) is 4.71. The SMILES string of the molecule is CCc1c(F)cc(C(O)CNC)cc1OC. The Hall–Kier alpha value is -1.13. The molecule has 0 aliphatic rings. The van der Waals surface area contributed by atoms with Crippen LogP contribution in [0.5, 0.6) is 5.75 Å².